The SMILES string of the molecule is COc1cccc(-c2nnc(SCc3ccc(C(=O)N4CCOCC4)cc3)n2Cc2ccccc2)c1. The van der Waals surface area contributed by atoms with Crippen molar-refractivity contribution in [2.45, 2.75) is 17.5 Å². The molecule has 8 heteroatoms. The van der Waals surface area contributed by atoms with E-state index in [4.69, 9.17) is 9.47 Å². The van der Waals surface area contributed by atoms with Crippen molar-refractivity contribution in [1.29, 1.82) is 0 Å². The van der Waals surface area contributed by atoms with Crippen molar-refractivity contribution in [3.05, 3.63) is 95.6 Å². The van der Waals surface area contributed by atoms with Gasteiger partial charge in [0.2, 0.25) is 0 Å². The highest BCUT2D eigenvalue weighted by Crippen LogP contribution is 2.29. The number of methoxy groups -OCH3 is 1. The van der Waals surface area contributed by atoms with Crippen LogP contribution >= 0.6 is 11.8 Å². The molecule has 0 saturated carbocycles. The largest absolute Gasteiger partial charge is 0.497 e. The van der Waals surface area contributed by atoms with E-state index in [1.165, 1.54) is 5.56 Å². The van der Waals surface area contributed by atoms with Gasteiger partial charge in [-0.25, -0.2) is 0 Å². The Balaban J connectivity index is 1.34. The molecule has 7 nitrogen and oxygen atoms in total. The van der Waals surface area contributed by atoms with Gasteiger partial charge in [0.25, 0.3) is 5.91 Å². The van der Waals surface area contributed by atoms with Crippen LogP contribution < -0.4 is 4.74 Å². The molecular weight excluding hydrogens is 472 g/mol. The summed E-state index contributed by atoms with van der Waals surface area (Å²) in [4.78, 5) is 14.6. The summed E-state index contributed by atoms with van der Waals surface area (Å²) in [5, 5.41) is 9.90. The first-order valence-electron chi connectivity index (χ1n) is 11.9. The van der Waals surface area contributed by atoms with Crippen molar-refractivity contribution in [3.63, 3.8) is 0 Å². The van der Waals surface area contributed by atoms with Gasteiger partial charge < -0.3 is 14.4 Å². The van der Waals surface area contributed by atoms with Gasteiger partial charge in [-0.3, -0.25) is 9.36 Å². The van der Waals surface area contributed by atoms with Gasteiger partial charge >= 0.3 is 0 Å². The number of rotatable bonds is 8. The van der Waals surface area contributed by atoms with E-state index in [0.29, 0.717) is 38.4 Å². The summed E-state index contributed by atoms with van der Waals surface area (Å²) in [5.74, 6) is 2.36. The van der Waals surface area contributed by atoms with E-state index >= 15 is 0 Å². The van der Waals surface area contributed by atoms with E-state index in [-0.39, 0.29) is 5.91 Å². The van der Waals surface area contributed by atoms with E-state index in [1.54, 1.807) is 18.9 Å². The normalized spacial score (nSPS) is 13.5. The minimum absolute atomic E-state index is 0.0584. The zero-order valence-electron chi connectivity index (χ0n) is 20.2. The van der Waals surface area contributed by atoms with Gasteiger partial charge in [-0.1, -0.05) is 66.4 Å². The van der Waals surface area contributed by atoms with Crippen molar-refractivity contribution in [3.8, 4) is 17.1 Å². The first kappa shape index (κ1) is 24.1. The number of benzene rings is 3. The number of morpholine rings is 1. The van der Waals surface area contributed by atoms with Crippen LogP contribution in [0, 0.1) is 0 Å². The highest BCUT2D eigenvalue weighted by molar-refractivity contribution is 7.98. The van der Waals surface area contributed by atoms with Gasteiger partial charge in [0.1, 0.15) is 5.75 Å². The van der Waals surface area contributed by atoms with E-state index in [1.807, 2.05) is 71.6 Å². The molecule has 0 N–H and O–H groups in total. The zero-order valence-corrected chi connectivity index (χ0v) is 21.0. The molecular formula is C28H28N4O3S. The molecule has 2 heterocycles. The van der Waals surface area contributed by atoms with E-state index in [9.17, 15) is 4.79 Å². The minimum Gasteiger partial charge on any atom is -0.497 e. The standard InChI is InChI=1S/C28H28N4O3S/c1-34-25-9-5-8-24(18-25)26-29-30-28(32(26)19-21-6-3-2-4-7-21)36-20-22-10-12-23(13-11-22)27(33)31-14-16-35-17-15-31/h2-13,18H,14-17,19-20H2,1H3. The number of hydrogen-bond acceptors (Lipinski definition) is 6. The van der Waals surface area contributed by atoms with Crippen LogP contribution in [0.3, 0.4) is 0 Å². The van der Waals surface area contributed by atoms with Crippen LogP contribution in [-0.4, -0.2) is 59.0 Å². The Bertz CT molecular complexity index is 1300. The average molecular weight is 501 g/mol. The first-order chi connectivity index (χ1) is 17.7. The fourth-order valence-corrected chi connectivity index (χ4v) is 5.01. The Hall–Kier alpha value is -3.62. The number of hydrogen-bond donors (Lipinski definition) is 0. The van der Waals surface area contributed by atoms with Crippen LogP contribution in [0.25, 0.3) is 11.4 Å². The third kappa shape index (κ3) is 5.61. The molecule has 4 aromatic rings. The summed E-state index contributed by atoms with van der Waals surface area (Å²) < 4.78 is 12.9. The van der Waals surface area contributed by atoms with Crippen LogP contribution in [0.5, 0.6) is 5.75 Å². The summed E-state index contributed by atoms with van der Waals surface area (Å²) >= 11 is 1.63. The molecule has 1 aliphatic rings. The molecule has 0 radical (unpaired) electrons. The minimum atomic E-state index is 0.0584. The number of aromatic nitrogens is 3. The Labute approximate surface area is 215 Å². The van der Waals surface area contributed by atoms with Crippen molar-refractivity contribution >= 4 is 17.7 Å². The number of carbonyl (C=O) groups excluding carboxylic acids is 1. The summed E-state index contributed by atoms with van der Waals surface area (Å²) in [6.07, 6.45) is 0. The number of ether oxygens (including phenoxy) is 2. The molecule has 1 saturated heterocycles. The van der Waals surface area contributed by atoms with Crippen molar-refractivity contribution in [2.24, 2.45) is 0 Å². The maximum absolute atomic E-state index is 12.7. The second-order valence-electron chi connectivity index (χ2n) is 8.50. The predicted octanol–water partition coefficient (Wildman–Crippen LogP) is 4.77. The quantitative estimate of drug-likeness (QED) is 0.325. The second kappa shape index (κ2) is 11.4. The third-order valence-corrected chi connectivity index (χ3v) is 7.13. The lowest BCUT2D eigenvalue weighted by Gasteiger charge is -2.26. The Morgan fingerprint density at radius 1 is 0.944 bits per heavy atom. The van der Waals surface area contributed by atoms with Gasteiger partial charge in [-0.15, -0.1) is 10.2 Å². The second-order valence-corrected chi connectivity index (χ2v) is 9.44. The number of carbonyl (C=O) groups is 1. The lowest BCUT2D eigenvalue weighted by molar-refractivity contribution is 0.0303. The molecule has 184 valence electrons. The van der Waals surface area contributed by atoms with Crippen LogP contribution in [-0.2, 0) is 17.0 Å². The number of amides is 1. The van der Waals surface area contributed by atoms with Gasteiger partial charge in [-0.05, 0) is 35.4 Å². The molecule has 3 aromatic carbocycles. The third-order valence-electron chi connectivity index (χ3n) is 6.10. The summed E-state index contributed by atoms with van der Waals surface area (Å²) in [5.41, 5.74) is 3.96. The Kier molecular flexibility index (Phi) is 7.64. The molecule has 0 spiro atoms. The van der Waals surface area contributed by atoms with Crippen LogP contribution in [0.15, 0.2) is 84.0 Å². The fraction of sp³-hybridized carbons (Fsp3) is 0.250. The Morgan fingerprint density at radius 2 is 1.72 bits per heavy atom. The van der Waals surface area contributed by atoms with Gasteiger partial charge in [0.05, 0.1) is 26.9 Å². The van der Waals surface area contributed by atoms with Crippen LogP contribution in [0.4, 0.5) is 0 Å². The van der Waals surface area contributed by atoms with E-state index in [2.05, 4.69) is 26.9 Å². The lowest BCUT2D eigenvalue weighted by atomic mass is 10.1. The molecule has 5 rings (SSSR count). The molecule has 0 atom stereocenters. The van der Waals surface area contributed by atoms with E-state index < -0.39 is 0 Å². The van der Waals surface area contributed by atoms with Crippen LogP contribution in [0.1, 0.15) is 21.5 Å². The number of nitrogens with zero attached hydrogens (tertiary/aromatic N) is 4. The van der Waals surface area contributed by atoms with E-state index in [0.717, 1.165) is 33.6 Å². The zero-order chi connectivity index (χ0) is 24.7. The van der Waals surface area contributed by atoms with Crippen LogP contribution in [0.2, 0.25) is 0 Å². The van der Waals surface area contributed by atoms with Crippen molar-refractivity contribution in [2.75, 3.05) is 33.4 Å². The molecule has 0 unspecified atom stereocenters. The highest BCUT2D eigenvalue weighted by Gasteiger charge is 2.19. The molecule has 0 bridgehead atoms. The topological polar surface area (TPSA) is 69.5 Å². The molecule has 1 amide bonds. The monoisotopic (exact) mass is 500 g/mol. The number of thioether (sulfide) groups is 1. The van der Waals surface area contributed by atoms with Crippen molar-refractivity contribution in [1.82, 2.24) is 19.7 Å². The fourth-order valence-electron chi connectivity index (χ4n) is 4.12. The average Bonchev–Trinajstić information content (AvgIpc) is 3.35. The summed E-state index contributed by atoms with van der Waals surface area (Å²) in [6, 6.07) is 26.0. The van der Waals surface area contributed by atoms with Gasteiger partial charge in [0, 0.05) is 30.0 Å². The highest BCUT2D eigenvalue weighted by atomic mass is 32.2. The lowest BCUT2D eigenvalue weighted by Crippen LogP contribution is -2.40. The summed E-state index contributed by atoms with van der Waals surface area (Å²) in [6.45, 7) is 3.14. The molecule has 36 heavy (non-hydrogen) atoms. The van der Waals surface area contributed by atoms with Gasteiger partial charge in [0.15, 0.2) is 11.0 Å². The maximum atomic E-state index is 12.7. The first-order valence-corrected chi connectivity index (χ1v) is 12.9. The molecule has 0 aliphatic carbocycles. The molecule has 1 aliphatic heterocycles. The molecule has 1 aromatic heterocycles. The molecule has 1 fully saturated rings. The Morgan fingerprint density at radius 3 is 2.47 bits per heavy atom. The predicted molar refractivity (Wildman–Crippen MR) is 140 cm³/mol. The summed E-state index contributed by atoms with van der Waals surface area (Å²) in [7, 11) is 1.66. The smallest absolute Gasteiger partial charge is 0.254 e. The van der Waals surface area contributed by atoms with Gasteiger partial charge in [-0.2, -0.15) is 0 Å². The maximum Gasteiger partial charge on any atom is 0.254 e. The van der Waals surface area contributed by atoms with Crippen molar-refractivity contribution < 1.29 is 14.3 Å².